The van der Waals surface area contributed by atoms with Crippen LogP contribution in [0.25, 0.3) is 0 Å². The van der Waals surface area contributed by atoms with Crippen LogP contribution in [0.1, 0.15) is 39.8 Å². The number of aliphatic imine (C=N–C) groups is 1. The van der Waals surface area contributed by atoms with Gasteiger partial charge in [0.15, 0.2) is 0 Å². The van der Waals surface area contributed by atoms with Crippen molar-refractivity contribution < 1.29 is 0 Å². The van der Waals surface area contributed by atoms with Crippen molar-refractivity contribution in [3.63, 3.8) is 0 Å². The number of hydrogen-bond donors (Lipinski definition) is 1. The molecule has 1 aromatic heterocycles. The van der Waals surface area contributed by atoms with Gasteiger partial charge in [-0.3, -0.25) is 4.99 Å². The summed E-state index contributed by atoms with van der Waals surface area (Å²) in [5.74, 6) is 0. The highest BCUT2D eigenvalue weighted by Crippen LogP contribution is 2.39. The average Bonchev–Trinajstić information content (AvgIpc) is 2.66. The minimum Gasteiger partial charge on any atom is -0.353 e. The highest BCUT2D eigenvalue weighted by Gasteiger charge is 2.23. The van der Waals surface area contributed by atoms with E-state index in [-0.39, 0.29) is 6.04 Å². The Bertz CT molecular complexity index is 445. The zero-order valence-electron chi connectivity index (χ0n) is 9.49. The Hall–Kier alpha value is -1.09. The smallest absolute Gasteiger partial charge is 0.0978 e. The number of hydrogen-bond acceptors (Lipinski definition) is 3. The summed E-state index contributed by atoms with van der Waals surface area (Å²) < 4.78 is 0. The number of nitrogens with one attached hydrogen (secondary N) is 1. The summed E-state index contributed by atoms with van der Waals surface area (Å²) in [6, 6.07) is 0.249. The fraction of sp³-hybridized carbons (Fsp3) is 0.462. The molecule has 0 amide bonds. The van der Waals surface area contributed by atoms with Gasteiger partial charge in [-0.25, -0.2) is 0 Å². The highest BCUT2D eigenvalue weighted by molar-refractivity contribution is 7.12. The first kappa shape index (κ1) is 10.1. The maximum atomic E-state index is 4.52. The molecular weight excluding hydrogens is 216 g/mol. The molecule has 1 atom stereocenters. The highest BCUT2D eigenvalue weighted by atomic mass is 32.1. The van der Waals surface area contributed by atoms with Crippen LogP contribution in [0.4, 0.5) is 0 Å². The third-order valence-corrected chi connectivity index (χ3v) is 4.60. The predicted octanol–water partition coefficient (Wildman–Crippen LogP) is 3.12. The van der Waals surface area contributed by atoms with E-state index < -0.39 is 0 Å². The largest absolute Gasteiger partial charge is 0.353 e. The summed E-state index contributed by atoms with van der Waals surface area (Å²) in [6.45, 7) is 2.24. The van der Waals surface area contributed by atoms with Crippen molar-refractivity contribution in [1.29, 1.82) is 0 Å². The molecule has 0 spiro atoms. The van der Waals surface area contributed by atoms with E-state index in [0.717, 1.165) is 0 Å². The van der Waals surface area contributed by atoms with E-state index in [1.165, 1.54) is 36.1 Å². The second kappa shape index (κ2) is 4.06. The minimum absolute atomic E-state index is 0.249. The van der Waals surface area contributed by atoms with E-state index in [1.807, 2.05) is 17.5 Å². The molecule has 1 aliphatic heterocycles. The Kier molecular flexibility index (Phi) is 2.56. The van der Waals surface area contributed by atoms with Gasteiger partial charge in [-0.05, 0) is 49.8 Å². The fourth-order valence-corrected chi connectivity index (χ4v) is 3.95. The molecule has 0 bridgehead atoms. The van der Waals surface area contributed by atoms with Gasteiger partial charge in [0.25, 0.3) is 0 Å². The van der Waals surface area contributed by atoms with Crippen LogP contribution in [0, 0.1) is 6.92 Å². The molecule has 2 heterocycles. The normalized spacial score (nSPS) is 22.9. The second-order valence-corrected chi connectivity index (χ2v) is 5.74. The van der Waals surface area contributed by atoms with Crippen LogP contribution < -0.4 is 5.32 Å². The van der Waals surface area contributed by atoms with Gasteiger partial charge < -0.3 is 5.32 Å². The zero-order valence-corrected chi connectivity index (χ0v) is 10.3. The average molecular weight is 232 g/mol. The quantitative estimate of drug-likeness (QED) is 0.790. The van der Waals surface area contributed by atoms with Gasteiger partial charge in [0.1, 0.15) is 0 Å². The van der Waals surface area contributed by atoms with Gasteiger partial charge in [0.05, 0.1) is 12.4 Å². The molecule has 0 radical (unpaired) electrons. The lowest BCUT2D eigenvalue weighted by Gasteiger charge is -2.17. The van der Waals surface area contributed by atoms with Crippen LogP contribution in [0.2, 0.25) is 0 Å². The molecule has 2 nitrogen and oxygen atoms in total. The van der Waals surface area contributed by atoms with Crippen LogP contribution in [-0.2, 0) is 12.8 Å². The van der Waals surface area contributed by atoms with E-state index in [2.05, 4.69) is 23.3 Å². The second-order valence-electron chi connectivity index (χ2n) is 4.43. The van der Waals surface area contributed by atoms with Crippen LogP contribution in [-0.4, -0.2) is 6.34 Å². The molecule has 0 saturated carbocycles. The molecule has 1 unspecified atom stereocenters. The molecule has 16 heavy (non-hydrogen) atoms. The van der Waals surface area contributed by atoms with E-state index in [1.54, 1.807) is 16.8 Å². The monoisotopic (exact) mass is 232 g/mol. The number of nitrogens with zero attached hydrogens (tertiary/aromatic N) is 1. The summed E-state index contributed by atoms with van der Waals surface area (Å²) in [7, 11) is 0. The van der Waals surface area contributed by atoms with E-state index >= 15 is 0 Å². The first-order valence-electron chi connectivity index (χ1n) is 5.91. The van der Waals surface area contributed by atoms with Gasteiger partial charge in [-0.15, -0.1) is 11.3 Å². The topological polar surface area (TPSA) is 24.4 Å². The predicted molar refractivity (Wildman–Crippen MR) is 69.2 cm³/mol. The van der Waals surface area contributed by atoms with Crippen molar-refractivity contribution in [3.8, 4) is 0 Å². The van der Waals surface area contributed by atoms with Crippen LogP contribution in [0.5, 0.6) is 0 Å². The molecule has 2 aliphatic rings. The molecule has 0 aromatic carbocycles. The third-order valence-electron chi connectivity index (χ3n) is 3.38. The van der Waals surface area contributed by atoms with Gasteiger partial charge in [0, 0.05) is 16.0 Å². The molecule has 1 aromatic rings. The lowest BCUT2D eigenvalue weighted by molar-refractivity contribution is 0.685. The van der Waals surface area contributed by atoms with Gasteiger partial charge >= 0.3 is 0 Å². The molecular formula is C13H16N2S. The number of fused-ring (bicyclic) bond motifs is 1. The van der Waals surface area contributed by atoms with Crippen molar-refractivity contribution >= 4 is 17.7 Å². The molecule has 3 rings (SSSR count). The Morgan fingerprint density at radius 1 is 1.38 bits per heavy atom. The van der Waals surface area contributed by atoms with Crippen LogP contribution >= 0.6 is 11.3 Å². The Balaban J connectivity index is 2.05. The van der Waals surface area contributed by atoms with Gasteiger partial charge in [-0.1, -0.05) is 0 Å². The number of rotatable bonds is 1. The Morgan fingerprint density at radius 2 is 2.25 bits per heavy atom. The van der Waals surface area contributed by atoms with E-state index in [9.17, 15) is 0 Å². The van der Waals surface area contributed by atoms with Gasteiger partial charge in [-0.2, -0.15) is 0 Å². The van der Waals surface area contributed by atoms with Crippen LogP contribution in [0.3, 0.4) is 0 Å². The summed E-state index contributed by atoms with van der Waals surface area (Å²) in [5, 5.41) is 3.01. The summed E-state index contributed by atoms with van der Waals surface area (Å²) in [6.07, 6.45) is 11.2. The molecule has 1 aliphatic carbocycles. The van der Waals surface area contributed by atoms with Crippen molar-refractivity contribution in [2.24, 2.45) is 4.99 Å². The lowest BCUT2D eigenvalue weighted by atomic mass is 9.91. The molecule has 0 saturated heterocycles. The molecule has 0 fully saturated rings. The first-order valence-corrected chi connectivity index (χ1v) is 6.73. The maximum Gasteiger partial charge on any atom is 0.0978 e. The minimum atomic E-state index is 0.249. The molecule has 3 heteroatoms. The maximum absolute atomic E-state index is 4.52. The summed E-state index contributed by atoms with van der Waals surface area (Å²) in [4.78, 5) is 7.60. The summed E-state index contributed by atoms with van der Waals surface area (Å²) in [5.41, 5.74) is 3.08. The lowest BCUT2D eigenvalue weighted by Crippen LogP contribution is -2.11. The van der Waals surface area contributed by atoms with Crippen LogP contribution in [0.15, 0.2) is 17.3 Å². The van der Waals surface area contributed by atoms with Gasteiger partial charge in [0.2, 0.25) is 0 Å². The molecule has 84 valence electrons. The summed E-state index contributed by atoms with van der Waals surface area (Å²) >= 11 is 1.98. The van der Waals surface area contributed by atoms with Crippen molar-refractivity contribution in [2.45, 2.75) is 38.6 Å². The fourth-order valence-electron chi connectivity index (χ4n) is 2.65. The number of thiophene rings is 1. The Labute approximate surface area is 100 Å². The van der Waals surface area contributed by atoms with Crippen molar-refractivity contribution in [3.05, 3.63) is 33.2 Å². The SMILES string of the molecule is Cc1sc2c(c1C1C=CNC=N1)CCCC2. The number of aryl methyl sites for hydroxylation is 2. The van der Waals surface area contributed by atoms with Crippen molar-refractivity contribution in [1.82, 2.24) is 5.32 Å². The third kappa shape index (κ3) is 1.59. The van der Waals surface area contributed by atoms with Crippen molar-refractivity contribution in [2.75, 3.05) is 0 Å². The zero-order chi connectivity index (χ0) is 11.0. The standard InChI is InChI=1S/C13H16N2S/c1-9-13(11-6-7-14-8-15-11)10-4-2-3-5-12(10)16-9/h6-8,11H,2-5H2,1H3,(H,14,15). The van der Waals surface area contributed by atoms with E-state index in [0.29, 0.717) is 0 Å². The first-order chi connectivity index (χ1) is 7.86. The molecule has 1 N–H and O–H groups in total. The Morgan fingerprint density at radius 3 is 3.06 bits per heavy atom. The van der Waals surface area contributed by atoms with E-state index in [4.69, 9.17) is 0 Å².